The smallest absolute Gasteiger partial charge is 0.158 e. The van der Waals surface area contributed by atoms with Crippen molar-refractivity contribution in [2.75, 3.05) is 0 Å². The molecule has 1 nitrogen and oxygen atoms in total. The highest BCUT2D eigenvalue weighted by Gasteiger charge is 2.54. The van der Waals surface area contributed by atoms with E-state index < -0.39 is 4.33 Å². The summed E-state index contributed by atoms with van der Waals surface area (Å²) < 4.78 is 4.64. The number of halogens is 5. The Bertz CT molecular complexity index is 380. The van der Waals surface area contributed by atoms with Gasteiger partial charge >= 0.3 is 0 Å². The molecule has 1 fully saturated rings. The van der Waals surface area contributed by atoms with Crippen LogP contribution in [0.3, 0.4) is 0 Å². The van der Waals surface area contributed by atoms with Gasteiger partial charge in [-0.2, -0.15) is 0 Å². The Hall–Kier alpha value is 0.470. The Balaban J connectivity index is 2.22. The third-order valence-electron chi connectivity index (χ3n) is 1.99. The highest BCUT2D eigenvalue weighted by atomic mass is 35.5. The van der Waals surface area contributed by atoms with E-state index in [0.29, 0.717) is 27.2 Å². The van der Waals surface area contributed by atoms with Gasteiger partial charge in [-0.15, -0.1) is 0 Å². The monoisotopic (exact) mass is 304 g/mol. The van der Waals surface area contributed by atoms with Gasteiger partial charge in [0, 0.05) is 11.4 Å². The molecule has 15 heavy (non-hydrogen) atoms. The molecule has 2 rings (SSSR count). The molecule has 0 N–H and O–H groups in total. The van der Waals surface area contributed by atoms with Crippen LogP contribution in [-0.4, -0.2) is 10.4 Å². The minimum atomic E-state index is -0.827. The van der Waals surface area contributed by atoms with E-state index >= 15 is 0 Å². The molecule has 0 spiro atoms. The molecule has 1 saturated carbocycles. The molecule has 0 saturated heterocycles. The van der Waals surface area contributed by atoms with Crippen molar-refractivity contribution < 1.29 is 4.74 Å². The van der Waals surface area contributed by atoms with Gasteiger partial charge in [0.05, 0.1) is 10.0 Å². The average molecular weight is 306 g/mol. The molecule has 0 aliphatic heterocycles. The lowest BCUT2D eigenvalue weighted by atomic mass is 10.3. The molecule has 0 bridgehead atoms. The normalized spacial score (nSPS) is 22.6. The molecular formula is C9H5Cl5O. The number of hydrogen-bond donors (Lipinski definition) is 0. The Kier molecular flexibility index (Phi) is 3.22. The summed E-state index contributed by atoms with van der Waals surface area (Å²) in [6.45, 7) is 0. The molecule has 1 aliphatic carbocycles. The van der Waals surface area contributed by atoms with E-state index in [1.165, 1.54) is 0 Å². The maximum Gasteiger partial charge on any atom is 0.158 e. The summed E-state index contributed by atoms with van der Waals surface area (Å²) in [5.74, 6) is 0.371. The topological polar surface area (TPSA) is 9.23 Å². The van der Waals surface area contributed by atoms with Crippen LogP contribution in [0.2, 0.25) is 15.1 Å². The molecule has 82 valence electrons. The van der Waals surface area contributed by atoms with Crippen LogP contribution in [0.15, 0.2) is 12.1 Å². The van der Waals surface area contributed by atoms with Crippen LogP contribution in [0.4, 0.5) is 0 Å². The van der Waals surface area contributed by atoms with Gasteiger partial charge in [-0.05, 0) is 12.1 Å². The molecule has 0 heterocycles. The summed E-state index contributed by atoms with van der Waals surface area (Å²) in [5, 5.41) is 1.16. The number of rotatable bonds is 2. The lowest BCUT2D eigenvalue weighted by Crippen LogP contribution is -2.05. The van der Waals surface area contributed by atoms with Crippen molar-refractivity contribution in [1.82, 2.24) is 0 Å². The van der Waals surface area contributed by atoms with Crippen LogP contribution >= 0.6 is 58.0 Å². The van der Waals surface area contributed by atoms with Gasteiger partial charge in [-0.25, -0.2) is 0 Å². The molecule has 0 amide bonds. The Morgan fingerprint density at radius 3 is 2.00 bits per heavy atom. The lowest BCUT2D eigenvalue weighted by molar-refractivity contribution is 0.300. The van der Waals surface area contributed by atoms with Crippen molar-refractivity contribution in [3.63, 3.8) is 0 Å². The summed E-state index contributed by atoms with van der Waals surface area (Å²) in [6, 6.07) is 3.10. The van der Waals surface area contributed by atoms with Crippen LogP contribution in [0.25, 0.3) is 0 Å². The third-order valence-corrected chi connectivity index (χ3v) is 3.57. The summed E-state index contributed by atoms with van der Waals surface area (Å²) in [6.07, 6.45) is 0.294. The van der Waals surface area contributed by atoms with Gasteiger partial charge in [0.2, 0.25) is 0 Å². The first-order valence-corrected chi connectivity index (χ1v) is 5.98. The number of alkyl halides is 2. The quantitative estimate of drug-likeness (QED) is 0.701. The van der Waals surface area contributed by atoms with Gasteiger partial charge in [-0.1, -0.05) is 58.0 Å². The molecule has 6 heteroatoms. The van der Waals surface area contributed by atoms with Gasteiger partial charge in [0.1, 0.15) is 6.10 Å². The predicted octanol–water partition coefficient (Wildman–Crippen LogP) is 4.97. The van der Waals surface area contributed by atoms with Gasteiger partial charge in [-0.3, -0.25) is 0 Å². The fourth-order valence-corrected chi connectivity index (χ4v) is 2.38. The fourth-order valence-electron chi connectivity index (χ4n) is 1.10. The van der Waals surface area contributed by atoms with E-state index in [1.807, 2.05) is 0 Å². The number of ether oxygens (including phenoxy) is 1. The molecule has 1 unspecified atom stereocenters. The van der Waals surface area contributed by atoms with Crippen molar-refractivity contribution in [3.8, 4) is 5.75 Å². The molecule has 1 aromatic carbocycles. The van der Waals surface area contributed by atoms with E-state index in [-0.39, 0.29) is 6.10 Å². The average Bonchev–Trinajstić information content (AvgIpc) is 2.66. The zero-order valence-electron chi connectivity index (χ0n) is 7.24. The van der Waals surface area contributed by atoms with Crippen LogP contribution in [0.5, 0.6) is 5.75 Å². The second-order valence-electron chi connectivity index (χ2n) is 3.27. The van der Waals surface area contributed by atoms with Gasteiger partial charge in [0.25, 0.3) is 0 Å². The minimum absolute atomic E-state index is 0.267. The minimum Gasteiger partial charge on any atom is -0.484 e. The summed E-state index contributed by atoms with van der Waals surface area (Å²) in [7, 11) is 0. The molecule has 1 atom stereocenters. The lowest BCUT2D eigenvalue weighted by Gasteiger charge is -2.10. The molecule has 0 radical (unpaired) electrons. The second kappa shape index (κ2) is 4.05. The highest BCUT2D eigenvalue weighted by Crippen LogP contribution is 2.51. The second-order valence-corrected chi connectivity index (χ2v) is 6.06. The Labute approximate surface area is 112 Å². The van der Waals surface area contributed by atoms with E-state index in [4.69, 9.17) is 62.7 Å². The van der Waals surface area contributed by atoms with Crippen molar-refractivity contribution in [2.24, 2.45) is 0 Å². The zero-order valence-corrected chi connectivity index (χ0v) is 11.0. The van der Waals surface area contributed by atoms with E-state index in [9.17, 15) is 0 Å². The van der Waals surface area contributed by atoms with E-state index in [2.05, 4.69) is 0 Å². The number of benzene rings is 1. The first-order valence-electron chi connectivity index (χ1n) is 4.09. The van der Waals surface area contributed by atoms with Crippen molar-refractivity contribution in [2.45, 2.75) is 16.9 Å². The Morgan fingerprint density at radius 2 is 1.60 bits per heavy atom. The number of hydrogen-bond acceptors (Lipinski definition) is 1. The van der Waals surface area contributed by atoms with Crippen LogP contribution in [-0.2, 0) is 0 Å². The van der Waals surface area contributed by atoms with Crippen LogP contribution in [0.1, 0.15) is 6.42 Å². The highest BCUT2D eigenvalue weighted by molar-refractivity contribution is 6.51. The fraction of sp³-hybridized carbons (Fsp3) is 0.333. The molecule has 1 aromatic rings. The maximum atomic E-state index is 5.92. The molecular weight excluding hydrogens is 301 g/mol. The zero-order chi connectivity index (χ0) is 11.2. The summed E-state index contributed by atoms with van der Waals surface area (Å²) in [5.41, 5.74) is 0. The van der Waals surface area contributed by atoms with Crippen molar-refractivity contribution >= 4 is 58.0 Å². The SMILES string of the molecule is Clc1cc(Cl)c(OC2CC2(Cl)Cl)c(Cl)c1. The van der Waals surface area contributed by atoms with Gasteiger partial charge in [0.15, 0.2) is 10.1 Å². The first-order chi connectivity index (χ1) is 6.90. The largest absolute Gasteiger partial charge is 0.484 e. The maximum absolute atomic E-state index is 5.92. The van der Waals surface area contributed by atoms with Crippen molar-refractivity contribution in [1.29, 1.82) is 0 Å². The van der Waals surface area contributed by atoms with E-state index in [1.54, 1.807) is 12.1 Å². The Morgan fingerprint density at radius 1 is 1.13 bits per heavy atom. The van der Waals surface area contributed by atoms with Gasteiger partial charge < -0.3 is 4.74 Å². The summed E-state index contributed by atoms with van der Waals surface area (Å²) in [4.78, 5) is 0. The standard InChI is InChI=1S/C9H5Cl5O/c10-4-1-5(11)8(6(12)2-4)15-7-3-9(7,13)14/h1-2,7H,3H2. The molecule has 0 aromatic heterocycles. The summed E-state index contributed by atoms with van der Waals surface area (Å²) >= 11 is 29.2. The van der Waals surface area contributed by atoms with Crippen molar-refractivity contribution in [3.05, 3.63) is 27.2 Å². The van der Waals surface area contributed by atoms with E-state index in [0.717, 1.165) is 0 Å². The predicted molar refractivity (Wildman–Crippen MR) is 64.9 cm³/mol. The first kappa shape index (κ1) is 11.9. The van der Waals surface area contributed by atoms with Crippen LogP contribution in [0, 0.1) is 0 Å². The molecule has 1 aliphatic rings. The third kappa shape index (κ3) is 2.59. The van der Waals surface area contributed by atoms with Crippen LogP contribution < -0.4 is 4.74 Å².